The molecule has 0 aliphatic carbocycles. The minimum absolute atomic E-state index is 0.0737. The number of aliphatic hydroxyl groups excluding tert-OH is 1. The molecule has 0 spiro atoms. The summed E-state index contributed by atoms with van der Waals surface area (Å²) in [5.74, 6) is 0. The maximum Gasteiger partial charge on any atom is 0.267 e. The van der Waals surface area contributed by atoms with Crippen molar-refractivity contribution in [2.75, 3.05) is 6.61 Å². The molecular formula is C8H18O4S. The zero-order chi connectivity index (χ0) is 10.3. The van der Waals surface area contributed by atoms with E-state index in [-0.39, 0.29) is 6.61 Å². The van der Waals surface area contributed by atoms with Gasteiger partial charge in [-0.2, -0.15) is 8.42 Å². The van der Waals surface area contributed by atoms with Crippen LogP contribution < -0.4 is 0 Å². The molecule has 2 N–H and O–H groups in total. The van der Waals surface area contributed by atoms with Gasteiger partial charge in [-0.05, 0) is 25.7 Å². The first kappa shape index (κ1) is 12.9. The predicted octanol–water partition coefficient (Wildman–Crippen LogP) is 1.21. The first-order valence-electron chi connectivity index (χ1n) is 4.59. The molecule has 0 aromatic carbocycles. The van der Waals surface area contributed by atoms with Crippen molar-refractivity contribution < 1.29 is 18.1 Å². The maximum atomic E-state index is 10.8. The van der Waals surface area contributed by atoms with Gasteiger partial charge in [-0.25, -0.2) is 0 Å². The van der Waals surface area contributed by atoms with Crippen LogP contribution in [0.5, 0.6) is 0 Å². The summed E-state index contributed by atoms with van der Waals surface area (Å²) in [4.78, 5) is 0. The van der Waals surface area contributed by atoms with Crippen molar-refractivity contribution in [3.63, 3.8) is 0 Å². The smallest absolute Gasteiger partial charge is 0.267 e. The van der Waals surface area contributed by atoms with Crippen LogP contribution in [0.2, 0.25) is 0 Å². The number of rotatable bonds is 7. The fraction of sp³-hybridized carbons (Fsp3) is 1.00. The van der Waals surface area contributed by atoms with Crippen molar-refractivity contribution in [2.45, 2.75) is 44.3 Å². The highest BCUT2D eigenvalue weighted by atomic mass is 32.2. The van der Waals surface area contributed by atoms with Crippen LogP contribution in [0.3, 0.4) is 0 Å². The van der Waals surface area contributed by atoms with Gasteiger partial charge in [-0.1, -0.05) is 13.3 Å². The van der Waals surface area contributed by atoms with E-state index in [1.807, 2.05) is 6.92 Å². The molecular weight excluding hydrogens is 192 g/mol. The number of aliphatic hydroxyl groups is 1. The van der Waals surface area contributed by atoms with Crippen LogP contribution in [-0.4, -0.2) is 29.9 Å². The quantitative estimate of drug-likeness (QED) is 0.489. The SMILES string of the molecule is CCCC(CCCCO)S(=O)(=O)O. The monoisotopic (exact) mass is 210 g/mol. The Balaban J connectivity index is 3.96. The fourth-order valence-electron chi connectivity index (χ4n) is 1.25. The van der Waals surface area contributed by atoms with E-state index in [2.05, 4.69) is 0 Å². The third-order valence-electron chi connectivity index (χ3n) is 1.97. The standard InChI is InChI=1S/C8H18O4S/c1-2-5-8(13(10,11)12)6-3-4-7-9/h8-9H,2-7H2,1H3,(H,10,11,12). The van der Waals surface area contributed by atoms with Gasteiger partial charge < -0.3 is 5.11 Å². The van der Waals surface area contributed by atoms with E-state index in [1.54, 1.807) is 0 Å². The van der Waals surface area contributed by atoms with Crippen LogP contribution in [-0.2, 0) is 10.1 Å². The topological polar surface area (TPSA) is 74.6 Å². The van der Waals surface area contributed by atoms with Crippen LogP contribution in [0.15, 0.2) is 0 Å². The van der Waals surface area contributed by atoms with Crippen molar-refractivity contribution >= 4 is 10.1 Å². The van der Waals surface area contributed by atoms with Crippen molar-refractivity contribution in [3.8, 4) is 0 Å². The summed E-state index contributed by atoms with van der Waals surface area (Å²) in [6, 6.07) is 0. The van der Waals surface area contributed by atoms with Gasteiger partial charge in [-0.15, -0.1) is 0 Å². The summed E-state index contributed by atoms with van der Waals surface area (Å²) in [6.45, 7) is 1.95. The molecule has 5 heteroatoms. The molecule has 1 atom stereocenters. The van der Waals surface area contributed by atoms with Crippen LogP contribution in [0.25, 0.3) is 0 Å². The van der Waals surface area contributed by atoms with Gasteiger partial charge >= 0.3 is 0 Å². The zero-order valence-electron chi connectivity index (χ0n) is 7.94. The molecule has 0 amide bonds. The fourth-order valence-corrected chi connectivity index (χ4v) is 2.25. The van der Waals surface area contributed by atoms with Crippen LogP contribution in [0.4, 0.5) is 0 Å². The van der Waals surface area contributed by atoms with E-state index in [0.717, 1.165) is 6.42 Å². The normalized spacial score (nSPS) is 14.4. The number of unbranched alkanes of at least 4 members (excludes halogenated alkanes) is 1. The van der Waals surface area contributed by atoms with Gasteiger partial charge in [0.2, 0.25) is 0 Å². The Bertz CT molecular complexity index is 210. The van der Waals surface area contributed by atoms with Crippen LogP contribution in [0.1, 0.15) is 39.0 Å². The molecule has 13 heavy (non-hydrogen) atoms. The number of hydrogen-bond donors (Lipinski definition) is 2. The van der Waals surface area contributed by atoms with Gasteiger partial charge in [0.25, 0.3) is 10.1 Å². The van der Waals surface area contributed by atoms with E-state index in [0.29, 0.717) is 25.7 Å². The molecule has 0 radical (unpaired) electrons. The summed E-state index contributed by atoms with van der Waals surface area (Å²) in [6.07, 6.45) is 2.90. The first-order valence-corrected chi connectivity index (χ1v) is 6.09. The van der Waals surface area contributed by atoms with E-state index in [9.17, 15) is 8.42 Å². The molecule has 0 rings (SSSR count). The molecule has 0 saturated heterocycles. The molecule has 0 bridgehead atoms. The molecule has 0 saturated carbocycles. The summed E-state index contributed by atoms with van der Waals surface area (Å²) in [5, 5.41) is 7.85. The lowest BCUT2D eigenvalue weighted by Gasteiger charge is -2.11. The van der Waals surface area contributed by atoms with E-state index < -0.39 is 15.4 Å². The molecule has 0 aliphatic rings. The summed E-state index contributed by atoms with van der Waals surface area (Å²) in [7, 11) is -3.89. The lowest BCUT2D eigenvalue weighted by molar-refractivity contribution is 0.282. The molecule has 0 aromatic heterocycles. The molecule has 80 valence electrons. The lowest BCUT2D eigenvalue weighted by atomic mass is 10.1. The maximum absolute atomic E-state index is 10.8. The van der Waals surface area contributed by atoms with Crippen molar-refractivity contribution in [3.05, 3.63) is 0 Å². The highest BCUT2D eigenvalue weighted by Gasteiger charge is 2.20. The number of hydrogen-bond acceptors (Lipinski definition) is 3. The average Bonchev–Trinajstić information content (AvgIpc) is 2.01. The highest BCUT2D eigenvalue weighted by molar-refractivity contribution is 7.86. The molecule has 0 aromatic rings. The van der Waals surface area contributed by atoms with Crippen molar-refractivity contribution in [1.29, 1.82) is 0 Å². The Morgan fingerprint density at radius 2 is 1.85 bits per heavy atom. The summed E-state index contributed by atoms with van der Waals surface area (Å²) >= 11 is 0. The van der Waals surface area contributed by atoms with Gasteiger partial charge in [0, 0.05) is 6.61 Å². The molecule has 1 unspecified atom stereocenters. The second-order valence-electron chi connectivity index (χ2n) is 3.15. The minimum Gasteiger partial charge on any atom is -0.396 e. The molecule has 0 aliphatic heterocycles. The first-order chi connectivity index (χ1) is 6.02. The highest BCUT2D eigenvalue weighted by Crippen LogP contribution is 2.14. The Morgan fingerprint density at radius 3 is 2.23 bits per heavy atom. The zero-order valence-corrected chi connectivity index (χ0v) is 8.76. The minimum atomic E-state index is -3.89. The largest absolute Gasteiger partial charge is 0.396 e. The Morgan fingerprint density at radius 1 is 1.23 bits per heavy atom. The molecule has 0 heterocycles. The average molecular weight is 210 g/mol. The molecule has 0 fully saturated rings. The lowest BCUT2D eigenvalue weighted by Crippen LogP contribution is -2.20. The summed E-state index contributed by atoms with van der Waals surface area (Å²) in [5.41, 5.74) is 0. The predicted molar refractivity (Wildman–Crippen MR) is 51.2 cm³/mol. The second-order valence-corrected chi connectivity index (χ2v) is 4.84. The third kappa shape index (κ3) is 6.01. The Kier molecular flexibility index (Phi) is 6.28. The summed E-state index contributed by atoms with van der Waals surface area (Å²) < 4.78 is 30.4. The van der Waals surface area contributed by atoms with Crippen LogP contribution >= 0.6 is 0 Å². The van der Waals surface area contributed by atoms with Crippen molar-refractivity contribution in [1.82, 2.24) is 0 Å². The third-order valence-corrected chi connectivity index (χ3v) is 3.28. The van der Waals surface area contributed by atoms with Crippen molar-refractivity contribution in [2.24, 2.45) is 0 Å². The van der Waals surface area contributed by atoms with Gasteiger partial charge in [0.1, 0.15) is 0 Å². The van der Waals surface area contributed by atoms with Gasteiger partial charge in [0.05, 0.1) is 5.25 Å². The van der Waals surface area contributed by atoms with E-state index in [1.165, 1.54) is 0 Å². The van der Waals surface area contributed by atoms with E-state index >= 15 is 0 Å². The van der Waals surface area contributed by atoms with Crippen LogP contribution in [0, 0.1) is 0 Å². The second kappa shape index (κ2) is 6.34. The van der Waals surface area contributed by atoms with E-state index in [4.69, 9.17) is 9.66 Å². The van der Waals surface area contributed by atoms with Gasteiger partial charge in [0.15, 0.2) is 0 Å². The van der Waals surface area contributed by atoms with Gasteiger partial charge in [-0.3, -0.25) is 4.55 Å². The molecule has 4 nitrogen and oxygen atoms in total. The Labute approximate surface area is 79.7 Å². The Hall–Kier alpha value is -0.130.